The van der Waals surface area contributed by atoms with Crippen LogP contribution in [0.1, 0.15) is 52.0 Å². The molecule has 2 aromatic rings. The first-order valence-electron chi connectivity index (χ1n) is 9.01. The van der Waals surface area contributed by atoms with Crippen LogP contribution < -0.4 is 9.54 Å². The summed E-state index contributed by atoms with van der Waals surface area (Å²) >= 11 is 7.77. The van der Waals surface area contributed by atoms with Crippen molar-refractivity contribution in [3.63, 3.8) is 0 Å². The lowest BCUT2D eigenvalue weighted by Crippen LogP contribution is -2.24. The number of hydrogen-bond acceptors (Lipinski definition) is 4. The predicted octanol–water partition coefficient (Wildman–Crippen LogP) is 5.38. The molecule has 0 aliphatic rings. The Balaban J connectivity index is 2.72. The number of amidine groups is 1. The van der Waals surface area contributed by atoms with Gasteiger partial charge in [0.25, 0.3) is 0 Å². The molecule has 0 amide bonds. The van der Waals surface area contributed by atoms with Crippen molar-refractivity contribution in [3.05, 3.63) is 44.7 Å². The Labute approximate surface area is 176 Å². The van der Waals surface area contributed by atoms with Gasteiger partial charge in [0.1, 0.15) is 5.75 Å². The fraction of sp³-hybridized carbons (Fsp3) is 0.476. The zero-order chi connectivity index (χ0) is 21.1. The van der Waals surface area contributed by atoms with E-state index in [0.29, 0.717) is 16.3 Å². The summed E-state index contributed by atoms with van der Waals surface area (Å²) < 4.78 is 7.56. The number of hydrogen-bond donors (Lipinski definition) is 0. The van der Waals surface area contributed by atoms with Crippen LogP contribution in [0.3, 0.4) is 0 Å². The number of benzene rings is 1. The Kier molecular flexibility index (Phi) is 6.74. The average Bonchev–Trinajstić information content (AvgIpc) is 2.95. The Morgan fingerprint density at radius 2 is 1.93 bits per heavy atom. The second-order valence-corrected chi connectivity index (χ2v) is 10.3. The maximum absolute atomic E-state index is 9.22. The number of methoxy groups -OCH3 is 1. The molecule has 1 aromatic heterocycles. The van der Waals surface area contributed by atoms with Crippen molar-refractivity contribution in [1.29, 1.82) is 5.26 Å². The number of thiazole rings is 1. The van der Waals surface area contributed by atoms with Gasteiger partial charge in [-0.2, -0.15) is 15.2 Å². The van der Waals surface area contributed by atoms with Crippen molar-refractivity contribution in [3.8, 4) is 11.9 Å². The second kappa shape index (κ2) is 8.50. The second-order valence-electron chi connectivity index (χ2n) is 8.81. The molecule has 0 N–H and O–H groups in total. The van der Waals surface area contributed by atoms with Gasteiger partial charge in [-0.25, -0.2) is 0 Å². The van der Waals surface area contributed by atoms with Crippen molar-refractivity contribution < 1.29 is 4.74 Å². The first-order chi connectivity index (χ1) is 12.9. The van der Waals surface area contributed by atoms with Crippen LogP contribution in [0.25, 0.3) is 0 Å². The van der Waals surface area contributed by atoms with Crippen molar-refractivity contribution in [2.75, 3.05) is 7.11 Å². The Hall–Kier alpha value is -2.10. The molecular formula is C21H27ClN4OS. The minimum Gasteiger partial charge on any atom is -0.496 e. The first-order valence-corrected chi connectivity index (χ1v) is 10.2. The molecule has 5 nitrogen and oxygen atoms in total. The molecule has 0 spiro atoms. The molecule has 28 heavy (non-hydrogen) atoms. The Morgan fingerprint density at radius 3 is 2.46 bits per heavy atom. The van der Waals surface area contributed by atoms with Gasteiger partial charge >= 0.3 is 0 Å². The van der Waals surface area contributed by atoms with Crippen LogP contribution >= 0.6 is 22.9 Å². The zero-order valence-electron chi connectivity index (χ0n) is 17.5. The maximum Gasteiger partial charge on any atom is 0.207 e. The van der Waals surface area contributed by atoms with Crippen molar-refractivity contribution in [1.82, 2.24) is 4.57 Å². The van der Waals surface area contributed by atoms with E-state index in [1.807, 2.05) is 6.19 Å². The summed E-state index contributed by atoms with van der Waals surface area (Å²) in [4.78, 5) is 10.7. The molecule has 0 aliphatic carbocycles. The van der Waals surface area contributed by atoms with Crippen molar-refractivity contribution in [2.24, 2.45) is 15.4 Å². The number of aromatic nitrogens is 1. The SMILES string of the molecule is COc1ccc(Cl)cc1C(/N=c1\sc(C(C)(C)C)cn1CC(C)(C)C)=N\C#N. The summed E-state index contributed by atoms with van der Waals surface area (Å²) in [7, 11) is 1.57. The van der Waals surface area contributed by atoms with Crippen molar-refractivity contribution in [2.45, 2.75) is 53.5 Å². The van der Waals surface area contributed by atoms with Gasteiger partial charge in [0.2, 0.25) is 6.19 Å². The molecule has 1 heterocycles. The molecule has 7 heteroatoms. The van der Waals surface area contributed by atoms with E-state index in [1.165, 1.54) is 4.88 Å². The van der Waals surface area contributed by atoms with Gasteiger partial charge in [-0.15, -0.1) is 11.3 Å². The van der Waals surface area contributed by atoms with Crippen LogP contribution in [0.15, 0.2) is 34.4 Å². The van der Waals surface area contributed by atoms with Gasteiger partial charge in [-0.1, -0.05) is 53.1 Å². The van der Waals surface area contributed by atoms with Gasteiger partial charge in [0.15, 0.2) is 10.6 Å². The number of ether oxygens (including phenoxy) is 1. The quantitative estimate of drug-likeness (QED) is 0.381. The van der Waals surface area contributed by atoms with Crippen LogP contribution in [0.5, 0.6) is 5.75 Å². The van der Waals surface area contributed by atoms with Crippen LogP contribution in [-0.2, 0) is 12.0 Å². The molecule has 0 atom stereocenters. The van der Waals surface area contributed by atoms with Gasteiger partial charge < -0.3 is 9.30 Å². The summed E-state index contributed by atoms with van der Waals surface area (Å²) in [6, 6.07) is 5.20. The minimum atomic E-state index is -0.00164. The zero-order valence-corrected chi connectivity index (χ0v) is 19.1. The molecule has 2 rings (SSSR count). The highest BCUT2D eigenvalue weighted by molar-refractivity contribution is 7.09. The predicted molar refractivity (Wildman–Crippen MR) is 116 cm³/mol. The topological polar surface area (TPSA) is 62.7 Å². The third-order valence-electron chi connectivity index (χ3n) is 3.86. The lowest BCUT2D eigenvalue weighted by Gasteiger charge is -2.19. The van der Waals surface area contributed by atoms with Crippen LogP contribution in [0.2, 0.25) is 5.02 Å². The highest BCUT2D eigenvalue weighted by atomic mass is 35.5. The molecule has 0 unspecified atom stereocenters. The smallest absolute Gasteiger partial charge is 0.207 e. The lowest BCUT2D eigenvalue weighted by molar-refractivity contribution is 0.339. The molecule has 0 radical (unpaired) electrons. The van der Waals surface area contributed by atoms with Crippen molar-refractivity contribution >= 4 is 28.8 Å². The molecule has 0 saturated carbocycles. The van der Waals surface area contributed by atoms with Gasteiger partial charge in [-0.3, -0.25) is 0 Å². The standard InChI is InChI=1S/C21H27ClN4OS/c1-20(2,3)12-26-11-17(21(4,5)6)28-19(26)25-18(24-13-23)15-10-14(22)8-9-16(15)27-7/h8-11H,12H2,1-7H3/b24-18+,25-19-. The van der Waals surface area contributed by atoms with E-state index in [4.69, 9.17) is 21.3 Å². The van der Waals surface area contributed by atoms with Gasteiger partial charge in [-0.05, 0) is 29.0 Å². The summed E-state index contributed by atoms with van der Waals surface area (Å²) in [5.74, 6) is 0.851. The molecule has 0 bridgehead atoms. The molecule has 0 fully saturated rings. The summed E-state index contributed by atoms with van der Waals surface area (Å²) in [5.41, 5.74) is 0.661. The van der Waals surface area contributed by atoms with E-state index in [9.17, 15) is 5.26 Å². The number of rotatable bonds is 3. The molecular weight excluding hydrogens is 392 g/mol. The number of halogens is 1. The van der Waals surface area contributed by atoms with Gasteiger partial charge in [0, 0.05) is 22.6 Å². The third-order valence-corrected chi connectivity index (χ3v) is 5.54. The maximum atomic E-state index is 9.22. The van der Waals surface area contributed by atoms with E-state index in [2.05, 4.69) is 57.3 Å². The van der Waals surface area contributed by atoms with E-state index in [0.717, 1.165) is 11.3 Å². The van der Waals surface area contributed by atoms with E-state index < -0.39 is 0 Å². The third kappa shape index (κ3) is 5.70. The fourth-order valence-corrected chi connectivity index (χ4v) is 3.80. The molecule has 1 aromatic carbocycles. The first kappa shape index (κ1) is 22.2. The molecule has 0 saturated heterocycles. The summed E-state index contributed by atoms with van der Waals surface area (Å²) in [6.07, 6.45) is 4.00. The Morgan fingerprint density at radius 1 is 1.25 bits per heavy atom. The largest absolute Gasteiger partial charge is 0.496 e. The van der Waals surface area contributed by atoms with E-state index >= 15 is 0 Å². The monoisotopic (exact) mass is 418 g/mol. The summed E-state index contributed by atoms with van der Waals surface area (Å²) in [5, 5.41) is 9.75. The number of nitriles is 1. The van der Waals surface area contributed by atoms with E-state index in [-0.39, 0.29) is 16.7 Å². The minimum absolute atomic E-state index is 0.00164. The van der Waals surface area contributed by atoms with Crippen LogP contribution in [-0.4, -0.2) is 17.5 Å². The van der Waals surface area contributed by atoms with Crippen LogP contribution in [0, 0.1) is 16.9 Å². The fourth-order valence-electron chi connectivity index (χ4n) is 2.58. The van der Waals surface area contributed by atoms with Gasteiger partial charge in [0.05, 0.1) is 12.7 Å². The number of nitrogens with zero attached hydrogens (tertiary/aromatic N) is 4. The molecule has 0 aliphatic heterocycles. The lowest BCUT2D eigenvalue weighted by atomic mass is 9.95. The summed E-state index contributed by atoms with van der Waals surface area (Å²) in [6.45, 7) is 13.9. The molecule has 150 valence electrons. The highest BCUT2D eigenvalue weighted by Crippen LogP contribution is 2.27. The van der Waals surface area contributed by atoms with Crippen LogP contribution in [0.4, 0.5) is 0 Å². The Bertz CT molecular complexity index is 982. The normalized spacial score (nSPS) is 13.5. The number of aliphatic imine (C=N–C) groups is 1. The highest BCUT2D eigenvalue weighted by Gasteiger charge is 2.21. The van der Waals surface area contributed by atoms with E-state index in [1.54, 1.807) is 36.6 Å². The average molecular weight is 419 g/mol.